The minimum Gasteiger partial charge on any atom is -0.355 e. The lowest BCUT2D eigenvalue weighted by atomic mass is 9.87. The van der Waals surface area contributed by atoms with Gasteiger partial charge in [0.25, 0.3) is 0 Å². The summed E-state index contributed by atoms with van der Waals surface area (Å²) < 4.78 is 0. The van der Waals surface area contributed by atoms with E-state index in [1.807, 2.05) is 38.4 Å². The number of nitrogens with one attached hydrogen (secondary N) is 2. The number of carbonyl (C=O) groups excluding carboxylic acids is 2. The summed E-state index contributed by atoms with van der Waals surface area (Å²) >= 11 is 0. The number of anilines is 1. The Hall–Kier alpha value is -1.88. The molecule has 5 heteroatoms. The smallest absolute Gasteiger partial charge is 0.239 e. The maximum atomic E-state index is 12.5. The molecule has 1 aromatic carbocycles. The molecule has 0 fully saturated rings. The molecule has 1 rings (SSSR count). The van der Waals surface area contributed by atoms with Crippen molar-refractivity contribution in [3.8, 4) is 0 Å². The predicted octanol–water partition coefficient (Wildman–Crippen LogP) is 3.02. The number of nitrogens with zero attached hydrogens (tertiary/aromatic N) is 1. The Labute approximate surface area is 152 Å². The largest absolute Gasteiger partial charge is 0.355 e. The van der Waals surface area contributed by atoms with Gasteiger partial charge in [-0.15, -0.1) is 0 Å². The zero-order valence-electron chi connectivity index (χ0n) is 16.7. The van der Waals surface area contributed by atoms with E-state index < -0.39 is 5.41 Å². The second kappa shape index (κ2) is 8.48. The molecule has 0 bridgehead atoms. The van der Waals surface area contributed by atoms with Crippen LogP contribution < -0.4 is 10.6 Å². The second-order valence-electron chi connectivity index (χ2n) is 8.32. The van der Waals surface area contributed by atoms with Crippen LogP contribution in [0.1, 0.15) is 46.6 Å². The predicted molar refractivity (Wildman–Crippen MR) is 104 cm³/mol. The molecule has 5 nitrogen and oxygen atoms in total. The molecular weight excluding hydrogens is 314 g/mol. The third-order valence-corrected chi connectivity index (χ3v) is 4.21. The molecule has 0 spiro atoms. The fourth-order valence-electron chi connectivity index (χ4n) is 2.26. The van der Waals surface area contributed by atoms with Gasteiger partial charge in [-0.05, 0) is 64.0 Å². The van der Waals surface area contributed by atoms with Crippen LogP contribution in [-0.4, -0.2) is 43.9 Å². The van der Waals surface area contributed by atoms with Crippen LogP contribution in [-0.2, 0) is 15.0 Å². The third kappa shape index (κ3) is 6.50. The van der Waals surface area contributed by atoms with E-state index in [0.717, 1.165) is 13.0 Å². The first-order valence-corrected chi connectivity index (χ1v) is 8.79. The van der Waals surface area contributed by atoms with Crippen molar-refractivity contribution in [2.45, 2.75) is 46.5 Å². The number of amides is 2. The van der Waals surface area contributed by atoms with E-state index in [1.54, 1.807) is 13.8 Å². The molecule has 0 aliphatic rings. The number of benzene rings is 1. The second-order valence-corrected chi connectivity index (χ2v) is 8.32. The molecule has 0 radical (unpaired) electrons. The van der Waals surface area contributed by atoms with E-state index in [4.69, 9.17) is 0 Å². The van der Waals surface area contributed by atoms with Crippen LogP contribution in [0.5, 0.6) is 0 Å². The first kappa shape index (κ1) is 21.2. The lowest BCUT2D eigenvalue weighted by Gasteiger charge is -2.23. The van der Waals surface area contributed by atoms with Crippen molar-refractivity contribution < 1.29 is 9.59 Å². The van der Waals surface area contributed by atoms with Crippen LogP contribution >= 0.6 is 0 Å². The average molecular weight is 348 g/mol. The molecule has 2 amide bonds. The zero-order valence-corrected chi connectivity index (χ0v) is 16.7. The standard InChI is InChI=1S/C20H33N3O2/c1-19(2,3)15-9-11-16(12-10-15)22-18(25)20(4,5)17(24)21-13-8-14-23(6)7/h9-12H,8,13-14H2,1-7H3,(H,21,24)(H,22,25). The van der Waals surface area contributed by atoms with Crippen LogP contribution in [0.15, 0.2) is 24.3 Å². The maximum Gasteiger partial charge on any atom is 0.239 e. The van der Waals surface area contributed by atoms with Crippen LogP contribution in [0, 0.1) is 5.41 Å². The van der Waals surface area contributed by atoms with Gasteiger partial charge in [-0.2, -0.15) is 0 Å². The zero-order chi connectivity index (χ0) is 19.3. The molecule has 0 saturated carbocycles. The monoisotopic (exact) mass is 347 g/mol. The Balaban J connectivity index is 2.63. The first-order chi connectivity index (χ1) is 11.4. The summed E-state index contributed by atoms with van der Waals surface area (Å²) in [5.41, 5.74) is 0.838. The molecule has 0 saturated heterocycles. The molecule has 0 aliphatic carbocycles. The van der Waals surface area contributed by atoms with E-state index >= 15 is 0 Å². The van der Waals surface area contributed by atoms with Crippen molar-refractivity contribution in [2.24, 2.45) is 5.41 Å². The van der Waals surface area contributed by atoms with Gasteiger partial charge in [-0.3, -0.25) is 9.59 Å². The van der Waals surface area contributed by atoms with Crippen molar-refractivity contribution in [1.82, 2.24) is 10.2 Å². The first-order valence-electron chi connectivity index (χ1n) is 8.79. The molecule has 0 heterocycles. The Morgan fingerprint density at radius 1 is 0.960 bits per heavy atom. The Morgan fingerprint density at radius 2 is 1.52 bits per heavy atom. The third-order valence-electron chi connectivity index (χ3n) is 4.21. The fourth-order valence-corrected chi connectivity index (χ4v) is 2.26. The summed E-state index contributed by atoms with van der Waals surface area (Å²) in [5.74, 6) is -0.559. The molecule has 2 N–H and O–H groups in total. The number of hydrogen-bond acceptors (Lipinski definition) is 3. The molecule has 1 aromatic rings. The van der Waals surface area contributed by atoms with Gasteiger partial charge in [0.15, 0.2) is 0 Å². The minimum absolute atomic E-state index is 0.0637. The van der Waals surface area contributed by atoms with Gasteiger partial charge in [0.05, 0.1) is 0 Å². The van der Waals surface area contributed by atoms with Gasteiger partial charge >= 0.3 is 0 Å². The lowest BCUT2D eigenvalue weighted by molar-refractivity contribution is -0.138. The summed E-state index contributed by atoms with van der Waals surface area (Å²) in [4.78, 5) is 26.9. The van der Waals surface area contributed by atoms with E-state index in [1.165, 1.54) is 5.56 Å². The molecule has 0 unspecified atom stereocenters. The van der Waals surface area contributed by atoms with Gasteiger partial charge in [0.2, 0.25) is 11.8 Å². The summed E-state index contributed by atoms with van der Waals surface area (Å²) in [6, 6.07) is 7.76. The average Bonchev–Trinajstić information content (AvgIpc) is 2.50. The highest BCUT2D eigenvalue weighted by Gasteiger charge is 2.35. The molecule has 0 atom stereocenters. The van der Waals surface area contributed by atoms with Crippen LogP contribution in [0.2, 0.25) is 0 Å². The molecule has 0 aromatic heterocycles. The van der Waals surface area contributed by atoms with Gasteiger partial charge in [-0.1, -0.05) is 32.9 Å². The summed E-state index contributed by atoms with van der Waals surface area (Å²) in [7, 11) is 3.98. The Morgan fingerprint density at radius 3 is 2.00 bits per heavy atom. The number of rotatable bonds is 7. The fraction of sp³-hybridized carbons (Fsp3) is 0.600. The van der Waals surface area contributed by atoms with Crippen molar-refractivity contribution in [3.63, 3.8) is 0 Å². The SMILES string of the molecule is CN(C)CCCNC(=O)C(C)(C)C(=O)Nc1ccc(C(C)(C)C)cc1. The maximum absolute atomic E-state index is 12.5. The topological polar surface area (TPSA) is 61.4 Å². The molecule has 25 heavy (non-hydrogen) atoms. The van der Waals surface area contributed by atoms with E-state index in [9.17, 15) is 9.59 Å². The summed E-state index contributed by atoms with van der Waals surface area (Å²) in [5, 5.41) is 5.69. The van der Waals surface area contributed by atoms with Crippen LogP contribution in [0.4, 0.5) is 5.69 Å². The number of carbonyl (C=O) groups is 2. The Bertz CT molecular complexity index is 584. The van der Waals surface area contributed by atoms with Gasteiger partial charge in [-0.25, -0.2) is 0 Å². The lowest BCUT2D eigenvalue weighted by Crippen LogP contribution is -2.45. The van der Waals surface area contributed by atoms with Gasteiger partial charge < -0.3 is 15.5 Å². The quantitative estimate of drug-likeness (QED) is 0.589. The van der Waals surface area contributed by atoms with Crippen molar-refractivity contribution >= 4 is 17.5 Å². The minimum atomic E-state index is -1.12. The van der Waals surface area contributed by atoms with Gasteiger partial charge in [0.1, 0.15) is 5.41 Å². The van der Waals surface area contributed by atoms with Gasteiger partial charge in [0, 0.05) is 12.2 Å². The highest BCUT2D eigenvalue weighted by atomic mass is 16.2. The highest BCUT2D eigenvalue weighted by molar-refractivity contribution is 6.09. The normalized spacial score (nSPS) is 12.2. The molecular formula is C20H33N3O2. The van der Waals surface area contributed by atoms with Crippen molar-refractivity contribution in [3.05, 3.63) is 29.8 Å². The van der Waals surface area contributed by atoms with E-state index in [-0.39, 0.29) is 17.2 Å². The van der Waals surface area contributed by atoms with Crippen LogP contribution in [0.25, 0.3) is 0 Å². The van der Waals surface area contributed by atoms with Crippen molar-refractivity contribution in [1.29, 1.82) is 0 Å². The molecule has 0 aliphatic heterocycles. The van der Waals surface area contributed by atoms with Crippen molar-refractivity contribution in [2.75, 3.05) is 32.5 Å². The van der Waals surface area contributed by atoms with E-state index in [0.29, 0.717) is 12.2 Å². The summed E-state index contributed by atoms with van der Waals surface area (Å²) in [6.45, 7) is 11.2. The Kier molecular flexibility index (Phi) is 7.17. The molecule has 140 valence electrons. The van der Waals surface area contributed by atoms with E-state index in [2.05, 4.69) is 36.3 Å². The highest BCUT2D eigenvalue weighted by Crippen LogP contribution is 2.24. The summed E-state index contributed by atoms with van der Waals surface area (Å²) in [6.07, 6.45) is 0.852. The number of hydrogen-bond donors (Lipinski definition) is 2. The van der Waals surface area contributed by atoms with Crippen LogP contribution in [0.3, 0.4) is 0 Å².